The lowest BCUT2D eigenvalue weighted by atomic mass is 10.2. The molecule has 1 aromatic rings. The van der Waals surface area contributed by atoms with Crippen LogP contribution in [0.25, 0.3) is 0 Å². The van der Waals surface area contributed by atoms with Gasteiger partial charge in [-0.05, 0) is 31.0 Å². The second-order valence-electron chi connectivity index (χ2n) is 4.87. The molecule has 0 saturated heterocycles. The molecular formula is C13H18N2O4S. The minimum Gasteiger partial charge on any atom is -0.478 e. The predicted octanol–water partition coefficient (Wildman–Crippen LogP) is 1.65. The van der Waals surface area contributed by atoms with E-state index >= 15 is 0 Å². The number of hydrogen-bond donors (Lipinski definition) is 3. The molecule has 6 nitrogen and oxygen atoms in total. The quantitative estimate of drug-likeness (QED) is 0.768. The van der Waals surface area contributed by atoms with Gasteiger partial charge in [0.2, 0.25) is 10.0 Å². The van der Waals surface area contributed by atoms with Crippen LogP contribution in [-0.4, -0.2) is 32.6 Å². The summed E-state index contributed by atoms with van der Waals surface area (Å²) in [6, 6.07) is 3.97. The van der Waals surface area contributed by atoms with Crippen LogP contribution in [0.2, 0.25) is 0 Å². The van der Waals surface area contributed by atoms with Gasteiger partial charge in [-0.2, -0.15) is 0 Å². The first-order valence-corrected chi connectivity index (χ1v) is 8.00. The second-order valence-corrected chi connectivity index (χ2v) is 6.55. The lowest BCUT2D eigenvalue weighted by Gasteiger charge is -2.15. The fraction of sp³-hybridized carbons (Fsp3) is 0.462. The van der Waals surface area contributed by atoms with Gasteiger partial charge in [0.1, 0.15) is 4.90 Å². The topological polar surface area (TPSA) is 95.5 Å². The van der Waals surface area contributed by atoms with Crippen LogP contribution in [-0.2, 0) is 10.0 Å². The lowest BCUT2D eigenvalue weighted by molar-refractivity contribution is 0.0696. The van der Waals surface area contributed by atoms with Crippen LogP contribution in [0.15, 0.2) is 23.1 Å². The zero-order valence-electron chi connectivity index (χ0n) is 11.2. The van der Waals surface area contributed by atoms with E-state index in [4.69, 9.17) is 5.11 Å². The van der Waals surface area contributed by atoms with Crippen LogP contribution in [0.4, 0.5) is 5.69 Å². The van der Waals surface area contributed by atoms with Crippen molar-refractivity contribution in [2.75, 3.05) is 12.4 Å². The molecule has 0 aliphatic heterocycles. The van der Waals surface area contributed by atoms with Gasteiger partial charge in [-0.15, -0.1) is 0 Å². The molecule has 7 heteroatoms. The molecule has 20 heavy (non-hydrogen) atoms. The molecule has 0 radical (unpaired) electrons. The first-order valence-electron chi connectivity index (χ1n) is 6.51. The summed E-state index contributed by atoms with van der Waals surface area (Å²) in [5, 5.41) is 11.8. The maximum Gasteiger partial charge on any atom is 0.335 e. The van der Waals surface area contributed by atoms with E-state index in [0.717, 1.165) is 25.7 Å². The Labute approximate surface area is 118 Å². The van der Waals surface area contributed by atoms with Gasteiger partial charge in [0.05, 0.1) is 11.3 Å². The van der Waals surface area contributed by atoms with E-state index in [0.29, 0.717) is 5.69 Å². The third kappa shape index (κ3) is 3.10. The van der Waals surface area contributed by atoms with Crippen LogP contribution in [0.1, 0.15) is 36.0 Å². The summed E-state index contributed by atoms with van der Waals surface area (Å²) in [5.41, 5.74) is 0.344. The molecule has 0 aromatic heterocycles. The molecular weight excluding hydrogens is 280 g/mol. The van der Waals surface area contributed by atoms with Crippen molar-refractivity contribution in [1.29, 1.82) is 0 Å². The van der Waals surface area contributed by atoms with Crippen LogP contribution >= 0.6 is 0 Å². The summed E-state index contributed by atoms with van der Waals surface area (Å²) in [6.45, 7) is 0. The van der Waals surface area contributed by atoms with E-state index in [9.17, 15) is 13.2 Å². The van der Waals surface area contributed by atoms with Crippen molar-refractivity contribution in [1.82, 2.24) is 4.72 Å². The fourth-order valence-electron chi connectivity index (χ4n) is 2.41. The van der Waals surface area contributed by atoms with Gasteiger partial charge in [0.15, 0.2) is 0 Å². The highest BCUT2D eigenvalue weighted by Crippen LogP contribution is 2.25. The van der Waals surface area contributed by atoms with Gasteiger partial charge in [-0.3, -0.25) is 0 Å². The summed E-state index contributed by atoms with van der Waals surface area (Å²) in [4.78, 5) is 11.0. The molecule has 0 unspecified atom stereocenters. The Kier molecular flexibility index (Phi) is 4.29. The zero-order chi connectivity index (χ0) is 14.8. The number of carbonyl (C=O) groups is 1. The smallest absolute Gasteiger partial charge is 0.335 e. The molecule has 0 spiro atoms. The summed E-state index contributed by atoms with van der Waals surface area (Å²) in [6.07, 6.45) is 3.68. The third-order valence-corrected chi connectivity index (χ3v) is 5.02. The summed E-state index contributed by atoms with van der Waals surface area (Å²) in [5.74, 6) is -1.15. The van der Waals surface area contributed by atoms with E-state index in [1.54, 1.807) is 7.05 Å². The Bertz CT molecular complexity index is 607. The number of anilines is 1. The molecule has 0 amide bonds. The molecule has 0 atom stereocenters. The molecule has 2 rings (SSSR count). The first-order chi connectivity index (χ1) is 9.44. The van der Waals surface area contributed by atoms with Gasteiger partial charge in [-0.25, -0.2) is 17.9 Å². The van der Waals surface area contributed by atoms with Crippen LogP contribution in [0.3, 0.4) is 0 Å². The normalized spacial score (nSPS) is 16.2. The summed E-state index contributed by atoms with van der Waals surface area (Å²) < 4.78 is 27.4. The second kappa shape index (κ2) is 5.80. The lowest BCUT2D eigenvalue weighted by Crippen LogP contribution is -2.33. The highest BCUT2D eigenvalue weighted by molar-refractivity contribution is 7.89. The standard InChI is InChI=1S/C13H18N2O4S/c1-14-11-7-6-9(13(16)17)8-12(11)20(18,19)15-10-4-2-3-5-10/h6-8,10,14-15H,2-5H2,1H3,(H,16,17). The molecule has 1 fully saturated rings. The van der Waals surface area contributed by atoms with Crippen LogP contribution < -0.4 is 10.0 Å². The van der Waals surface area contributed by atoms with Gasteiger partial charge in [0, 0.05) is 13.1 Å². The maximum atomic E-state index is 12.4. The third-order valence-electron chi connectivity index (χ3n) is 3.46. The van der Waals surface area contributed by atoms with Gasteiger partial charge in [0.25, 0.3) is 0 Å². The number of aromatic carboxylic acids is 1. The van der Waals surface area contributed by atoms with E-state index in [2.05, 4.69) is 10.0 Å². The molecule has 110 valence electrons. The van der Waals surface area contributed by atoms with Crippen molar-refractivity contribution in [3.8, 4) is 0 Å². The Hall–Kier alpha value is -1.60. The van der Waals surface area contributed by atoms with Crippen molar-refractivity contribution in [2.24, 2.45) is 0 Å². The number of hydrogen-bond acceptors (Lipinski definition) is 4. The zero-order valence-corrected chi connectivity index (χ0v) is 12.0. The van der Waals surface area contributed by atoms with Crippen molar-refractivity contribution >= 4 is 21.7 Å². The van der Waals surface area contributed by atoms with Crippen LogP contribution in [0, 0.1) is 0 Å². The van der Waals surface area contributed by atoms with E-state index < -0.39 is 16.0 Å². The molecule has 3 N–H and O–H groups in total. The SMILES string of the molecule is CNc1ccc(C(=O)O)cc1S(=O)(=O)NC1CCCC1. The Morgan fingerprint density at radius 1 is 1.30 bits per heavy atom. The largest absolute Gasteiger partial charge is 0.478 e. The molecule has 1 aliphatic carbocycles. The number of benzene rings is 1. The van der Waals surface area contributed by atoms with E-state index in [1.807, 2.05) is 0 Å². The molecule has 1 aliphatic rings. The Morgan fingerprint density at radius 2 is 1.95 bits per heavy atom. The Morgan fingerprint density at radius 3 is 2.50 bits per heavy atom. The highest BCUT2D eigenvalue weighted by atomic mass is 32.2. The first kappa shape index (κ1) is 14.8. The van der Waals surface area contributed by atoms with Crippen molar-refractivity contribution in [3.63, 3.8) is 0 Å². The van der Waals surface area contributed by atoms with Crippen molar-refractivity contribution in [2.45, 2.75) is 36.6 Å². The van der Waals surface area contributed by atoms with E-state index in [-0.39, 0.29) is 16.5 Å². The molecule has 0 bridgehead atoms. The van der Waals surface area contributed by atoms with Crippen molar-refractivity contribution in [3.05, 3.63) is 23.8 Å². The number of carboxylic acid groups (broad SMARTS) is 1. The number of nitrogens with one attached hydrogen (secondary N) is 2. The van der Waals surface area contributed by atoms with Crippen molar-refractivity contribution < 1.29 is 18.3 Å². The van der Waals surface area contributed by atoms with Gasteiger partial charge in [-0.1, -0.05) is 12.8 Å². The van der Waals surface area contributed by atoms with Crippen LogP contribution in [0.5, 0.6) is 0 Å². The minimum absolute atomic E-state index is 0.0215. The molecule has 0 heterocycles. The molecule has 1 saturated carbocycles. The number of rotatable bonds is 5. The summed E-state index contributed by atoms with van der Waals surface area (Å²) >= 11 is 0. The average molecular weight is 298 g/mol. The average Bonchev–Trinajstić information content (AvgIpc) is 2.90. The summed E-state index contributed by atoms with van der Waals surface area (Å²) in [7, 11) is -2.12. The number of carboxylic acids is 1. The van der Waals surface area contributed by atoms with E-state index in [1.165, 1.54) is 18.2 Å². The number of sulfonamides is 1. The predicted molar refractivity (Wildman–Crippen MR) is 75.5 cm³/mol. The Balaban J connectivity index is 2.37. The van der Waals surface area contributed by atoms with Gasteiger partial charge < -0.3 is 10.4 Å². The monoisotopic (exact) mass is 298 g/mol. The maximum absolute atomic E-state index is 12.4. The van der Waals surface area contributed by atoms with Gasteiger partial charge >= 0.3 is 5.97 Å². The molecule has 1 aromatic carbocycles. The minimum atomic E-state index is -3.72. The fourth-order valence-corrected chi connectivity index (χ4v) is 3.95. The highest BCUT2D eigenvalue weighted by Gasteiger charge is 2.25.